The molecule has 3 aliphatic heterocycles. The zero-order valence-electron chi connectivity index (χ0n) is 22.4. The molecule has 1 aliphatic carbocycles. The molecular weight excluding hydrogens is 487 g/mol. The number of nitrogens with one attached hydrogen (secondary N) is 2. The molecule has 1 atom stereocenters. The van der Waals surface area contributed by atoms with Crippen molar-refractivity contribution in [1.82, 2.24) is 15.1 Å². The number of piperazine rings is 1. The highest BCUT2D eigenvalue weighted by Crippen LogP contribution is 2.26. The third-order valence-electron chi connectivity index (χ3n) is 8.21. The SMILES string of the molecule is NC1CCCCC1.O=CN1CCC(CN2CCN(c3ccc(NC4CCC(=O)NC4=O)cc3F)CC2)CC1. The lowest BCUT2D eigenvalue weighted by molar-refractivity contribution is -0.133. The second kappa shape index (κ2) is 13.9. The molecule has 210 valence electrons. The number of carbonyl (C=O) groups excluding carboxylic acids is 3. The zero-order chi connectivity index (χ0) is 26.9. The maximum absolute atomic E-state index is 14.8. The van der Waals surface area contributed by atoms with Crippen LogP contribution in [0.25, 0.3) is 0 Å². The standard InChI is InChI=1S/C22H30FN5O3.C6H13N/c23-18-13-17(24-19-2-4-21(30)25-22(19)31)1-3-20(18)28-11-9-26(10-12-28)14-16-5-7-27(15-29)8-6-16;7-6-4-2-1-3-5-6/h1,3,13,15-16,19,24H,2,4-12,14H2,(H,25,30,31);6H,1-5,7H2. The number of likely N-dealkylation sites (tertiary alicyclic amines) is 1. The first-order valence-electron chi connectivity index (χ1n) is 14.2. The minimum absolute atomic E-state index is 0.268. The molecule has 0 radical (unpaired) electrons. The average molecular weight is 531 g/mol. The van der Waals surface area contributed by atoms with Gasteiger partial charge in [-0.1, -0.05) is 19.3 Å². The number of imide groups is 1. The summed E-state index contributed by atoms with van der Waals surface area (Å²) in [5, 5.41) is 5.33. The maximum atomic E-state index is 14.8. The van der Waals surface area contributed by atoms with Crippen molar-refractivity contribution >= 4 is 29.6 Å². The predicted octanol–water partition coefficient (Wildman–Crippen LogP) is 2.31. The van der Waals surface area contributed by atoms with Gasteiger partial charge < -0.3 is 20.9 Å². The highest BCUT2D eigenvalue weighted by molar-refractivity contribution is 6.01. The summed E-state index contributed by atoms with van der Waals surface area (Å²) in [5.74, 6) is -0.326. The Balaban J connectivity index is 0.000000417. The number of hydrogen-bond donors (Lipinski definition) is 3. The van der Waals surface area contributed by atoms with Gasteiger partial charge in [0.15, 0.2) is 0 Å². The van der Waals surface area contributed by atoms with E-state index >= 15 is 0 Å². The minimum atomic E-state index is -0.523. The molecule has 3 amide bonds. The summed E-state index contributed by atoms with van der Waals surface area (Å²) in [5.41, 5.74) is 6.75. The molecule has 4 fully saturated rings. The number of carbonyl (C=O) groups is 3. The lowest BCUT2D eigenvalue weighted by atomic mass is 9.96. The van der Waals surface area contributed by atoms with Crippen molar-refractivity contribution in [3.05, 3.63) is 24.0 Å². The van der Waals surface area contributed by atoms with Gasteiger partial charge in [0.2, 0.25) is 18.2 Å². The number of nitrogens with two attached hydrogens (primary N) is 1. The van der Waals surface area contributed by atoms with Crippen LogP contribution in [0, 0.1) is 11.7 Å². The van der Waals surface area contributed by atoms with Gasteiger partial charge in [-0.05, 0) is 56.2 Å². The van der Waals surface area contributed by atoms with Gasteiger partial charge in [0.05, 0.1) is 5.69 Å². The van der Waals surface area contributed by atoms with Crippen LogP contribution in [-0.4, -0.2) is 85.9 Å². The fourth-order valence-corrected chi connectivity index (χ4v) is 5.80. The summed E-state index contributed by atoms with van der Waals surface area (Å²) < 4.78 is 14.8. The Morgan fingerprint density at radius 1 is 0.974 bits per heavy atom. The van der Waals surface area contributed by atoms with Crippen molar-refractivity contribution in [2.75, 3.05) is 56.0 Å². The first kappa shape index (κ1) is 28.3. The fraction of sp³-hybridized carbons (Fsp3) is 0.679. The van der Waals surface area contributed by atoms with E-state index in [0.29, 0.717) is 29.8 Å². The monoisotopic (exact) mass is 530 g/mol. The quantitative estimate of drug-likeness (QED) is 0.382. The van der Waals surface area contributed by atoms with Gasteiger partial charge in [0, 0.05) is 64.0 Å². The lowest BCUT2D eigenvalue weighted by Crippen LogP contribution is -2.49. The predicted molar refractivity (Wildman–Crippen MR) is 146 cm³/mol. The van der Waals surface area contributed by atoms with Crippen LogP contribution >= 0.6 is 0 Å². The summed E-state index contributed by atoms with van der Waals surface area (Å²) in [6.07, 6.45) is 10.4. The van der Waals surface area contributed by atoms with Gasteiger partial charge in [-0.3, -0.25) is 24.6 Å². The normalized spacial score (nSPS) is 23.9. The molecule has 1 unspecified atom stereocenters. The van der Waals surface area contributed by atoms with Crippen LogP contribution in [-0.2, 0) is 14.4 Å². The van der Waals surface area contributed by atoms with Crippen LogP contribution in [0.4, 0.5) is 15.8 Å². The summed E-state index contributed by atoms with van der Waals surface area (Å²) >= 11 is 0. The molecule has 0 aromatic heterocycles. The van der Waals surface area contributed by atoms with Crippen molar-refractivity contribution in [1.29, 1.82) is 0 Å². The molecule has 38 heavy (non-hydrogen) atoms. The Kier molecular flexibility index (Phi) is 10.3. The van der Waals surface area contributed by atoms with E-state index in [0.717, 1.165) is 65.1 Å². The Bertz CT molecular complexity index is 941. The number of halogens is 1. The van der Waals surface area contributed by atoms with Crippen LogP contribution in [0.5, 0.6) is 0 Å². The number of amides is 3. The molecule has 3 saturated heterocycles. The van der Waals surface area contributed by atoms with E-state index in [-0.39, 0.29) is 24.1 Å². The number of rotatable bonds is 6. The van der Waals surface area contributed by atoms with Crippen LogP contribution < -0.4 is 21.3 Å². The number of anilines is 2. The Labute approximate surface area is 225 Å². The number of hydrogen-bond acceptors (Lipinski definition) is 7. The molecule has 4 N–H and O–H groups in total. The Morgan fingerprint density at radius 3 is 2.26 bits per heavy atom. The number of nitrogens with zero attached hydrogens (tertiary/aromatic N) is 3. The molecule has 10 heteroatoms. The lowest BCUT2D eigenvalue weighted by Gasteiger charge is -2.39. The molecular formula is C28H43FN6O3. The Hall–Kier alpha value is -2.72. The molecule has 1 saturated carbocycles. The van der Waals surface area contributed by atoms with E-state index in [4.69, 9.17) is 5.73 Å². The Morgan fingerprint density at radius 2 is 1.68 bits per heavy atom. The van der Waals surface area contributed by atoms with Gasteiger partial charge in [0.1, 0.15) is 11.9 Å². The van der Waals surface area contributed by atoms with Crippen molar-refractivity contribution in [2.45, 2.75) is 69.9 Å². The second-order valence-electron chi connectivity index (χ2n) is 11.1. The summed E-state index contributed by atoms with van der Waals surface area (Å²) in [6, 6.07) is 4.98. The van der Waals surface area contributed by atoms with E-state index in [9.17, 15) is 18.8 Å². The first-order chi connectivity index (χ1) is 18.4. The molecule has 1 aromatic carbocycles. The van der Waals surface area contributed by atoms with Gasteiger partial charge >= 0.3 is 0 Å². The largest absolute Gasteiger partial charge is 0.374 e. The number of benzene rings is 1. The van der Waals surface area contributed by atoms with Gasteiger partial charge in [0.25, 0.3) is 0 Å². The first-order valence-corrected chi connectivity index (χ1v) is 14.2. The van der Waals surface area contributed by atoms with Gasteiger partial charge in [-0.15, -0.1) is 0 Å². The smallest absolute Gasteiger partial charge is 0.249 e. The van der Waals surface area contributed by atoms with Crippen LogP contribution in [0.15, 0.2) is 18.2 Å². The second-order valence-corrected chi connectivity index (χ2v) is 11.1. The zero-order valence-corrected chi connectivity index (χ0v) is 22.4. The topological polar surface area (TPSA) is 111 Å². The summed E-state index contributed by atoms with van der Waals surface area (Å²) in [6.45, 7) is 6.05. The summed E-state index contributed by atoms with van der Waals surface area (Å²) in [4.78, 5) is 40.4. The third kappa shape index (κ3) is 8.14. The maximum Gasteiger partial charge on any atom is 0.249 e. The molecule has 0 spiro atoms. The van der Waals surface area contributed by atoms with Crippen LogP contribution in [0.3, 0.4) is 0 Å². The van der Waals surface area contributed by atoms with Crippen molar-refractivity contribution < 1.29 is 18.8 Å². The van der Waals surface area contributed by atoms with Crippen LogP contribution in [0.1, 0.15) is 57.8 Å². The highest BCUT2D eigenvalue weighted by Gasteiger charge is 2.27. The molecule has 1 aromatic rings. The van der Waals surface area contributed by atoms with Crippen molar-refractivity contribution in [2.24, 2.45) is 11.7 Å². The molecule has 3 heterocycles. The van der Waals surface area contributed by atoms with E-state index in [1.54, 1.807) is 12.1 Å². The van der Waals surface area contributed by atoms with Crippen molar-refractivity contribution in [3.8, 4) is 0 Å². The van der Waals surface area contributed by atoms with Gasteiger partial charge in [-0.2, -0.15) is 0 Å². The van der Waals surface area contributed by atoms with Gasteiger partial charge in [-0.25, -0.2) is 4.39 Å². The minimum Gasteiger partial charge on any atom is -0.374 e. The highest BCUT2D eigenvalue weighted by atomic mass is 19.1. The van der Waals surface area contributed by atoms with E-state index in [1.165, 1.54) is 38.2 Å². The molecule has 9 nitrogen and oxygen atoms in total. The summed E-state index contributed by atoms with van der Waals surface area (Å²) in [7, 11) is 0. The molecule has 0 bridgehead atoms. The van der Waals surface area contributed by atoms with E-state index in [2.05, 4.69) is 20.4 Å². The average Bonchev–Trinajstić information content (AvgIpc) is 2.92. The van der Waals surface area contributed by atoms with Crippen molar-refractivity contribution in [3.63, 3.8) is 0 Å². The van der Waals surface area contributed by atoms with E-state index in [1.807, 2.05) is 4.90 Å². The number of piperidine rings is 2. The fourth-order valence-electron chi connectivity index (χ4n) is 5.80. The van der Waals surface area contributed by atoms with E-state index < -0.39 is 6.04 Å². The molecule has 5 rings (SSSR count). The van der Waals surface area contributed by atoms with Crippen LogP contribution in [0.2, 0.25) is 0 Å². The molecule has 4 aliphatic rings. The third-order valence-corrected chi connectivity index (χ3v) is 8.21.